The number of esters is 1. The first kappa shape index (κ1) is 21.5. The van der Waals surface area contributed by atoms with Crippen LogP contribution in [0.15, 0.2) is 23.2 Å². The summed E-state index contributed by atoms with van der Waals surface area (Å²) in [6, 6.07) is 5.03. The van der Waals surface area contributed by atoms with Gasteiger partial charge in [-0.25, -0.2) is 0 Å². The molecule has 8 heteroatoms. The summed E-state index contributed by atoms with van der Waals surface area (Å²) in [6.07, 6.45) is 4.99. The lowest BCUT2D eigenvalue weighted by Crippen LogP contribution is -2.37. The van der Waals surface area contributed by atoms with Crippen LogP contribution >= 0.6 is 0 Å². The average Bonchev–Trinajstić information content (AvgIpc) is 3.19. The molecule has 0 saturated heterocycles. The molecular formula is C22H27N5O3. The van der Waals surface area contributed by atoms with Gasteiger partial charge in [0.2, 0.25) is 0 Å². The second-order valence-corrected chi connectivity index (χ2v) is 8.25. The van der Waals surface area contributed by atoms with E-state index in [4.69, 9.17) is 10.00 Å². The zero-order chi connectivity index (χ0) is 21.7. The zero-order valence-corrected chi connectivity index (χ0v) is 17.6. The molecule has 1 aromatic rings. The minimum absolute atomic E-state index is 0.0753. The molecule has 0 radical (unpaired) electrons. The summed E-state index contributed by atoms with van der Waals surface area (Å²) in [5.41, 5.74) is 3.09. The number of nitrogens with zero attached hydrogens (tertiary/aromatic N) is 3. The third-order valence-electron chi connectivity index (χ3n) is 5.22. The molecule has 2 heterocycles. The SMILES string of the molecule is CCOC(=O)Cc1ccc(NC(=O)C2=NCC(C#N)N2)c(C2=CCC(C)(C)CC2)n1. The third kappa shape index (κ3) is 5.23. The Hall–Kier alpha value is -3.21. The van der Waals surface area contributed by atoms with Crippen molar-refractivity contribution in [3.05, 3.63) is 29.6 Å². The molecule has 1 aliphatic carbocycles. The predicted octanol–water partition coefficient (Wildman–Crippen LogP) is 2.61. The summed E-state index contributed by atoms with van der Waals surface area (Å²) in [4.78, 5) is 33.3. The number of carbonyl (C=O) groups is 2. The molecule has 1 unspecified atom stereocenters. The van der Waals surface area contributed by atoms with E-state index in [1.54, 1.807) is 19.1 Å². The number of rotatable bonds is 6. The number of aromatic nitrogens is 1. The molecule has 1 aromatic heterocycles. The number of carbonyl (C=O) groups excluding carboxylic acids is 2. The Morgan fingerprint density at radius 1 is 1.40 bits per heavy atom. The fourth-order valence-corrected chi connectivity index (χ4v) is 3.43. The number of ether oxygens (including phenoxy) is 1. The van der Waals surface area contributed by atoms with Crippen LogP contribution in [0.1, 0.15) is 51.4 Å². The number of aliphatic imine (C=N–C) groups is 1. The Labute approximate surface area is 176 Å². The maximum absolute atomic E-state index is 12.6. The summed E-state index contributed by atoms with van der Waals surface area (Å²) in [5, 5.41) is 14.6. The third-order valence-corrected chi connectivity index (χ3v) is 5.22. The average molecular weight is 409 g/mol. The second kappa shape index (κ2) is 9.08. The molecule has 0 saturated carbocycles. The largest absolute Gasteiger partial charge is 0.466 e. The van der Waals surface area contributed by atoms with Crippen molar-refractivity contribution in [1.82, 2.24) is 10.3 Å². The lowest BCUT2D eigenvalue weighted by molar-refractivity contribution is -0.142. The minimum Gasteiger partial charge on any atom is -0.466 e. The summed E-state index contributed by atoms with van der Waals surface area (Å²) in [5.74, 6) is -0.605. The van der Waals surface area contributed by atoms with Gasteiger partial charge in [0, 0.05) is 0 Å². The quantitative estimate of drug-likeness (QED) is 0.698. The van der Waals surface area contributed by atoms with Crippen LogP contribution in [0.5, 0.6) is 0 Å². The first-order valence-corrected chi connectivity index (χ1v) is 10.2. The number of hydrogen-bond acceptors (Lipinski definition) is 7. The molecule has 1 atom stereocenters. The first-order valence-electron chi connectivity index (χ1n) is 10.2. The van der Waals surface area contributed by atoms with E-state index in [1.807, 2.05) is 6.07 Å². The van der Waals surface area contributed by atoms with E-state index < -0.39 is 11.9 Å². The monoisotopic (exact) mass is 409 g/mol. The van der Waals surface area contributed by atoms with Crippen LogP contribution in [0, 0.1) is 16.7 Å². The summed E-state index contributed by atoms with van der Waals surface area (Å²) >= 11 is 0. The highest BCUT2D eigenvalue weighted by atomic mass is 16.5. The second-order valence-electron chi connectivity index (χ2n) is 8.25. The number of hydrogen-bond donors (Lipinski definition) is 2. The van der Waals surface area contributed by atoms with Crippen LogP contribution in [0.4, 0.5) is 5.69 Å². The van der Waals surface area contributed by atoms with Gasteiger partial charge in [0.05, 0.1) is 42.7 Å². The number of nitriles is 1. The van der Waals surface area contributed by atoms with Gasteiger partial charge >= 0.3 is 5.97 Å². The molecule has 3 rings (SSSR count). The molecule has 0 spiro atoms. The first-order chi connectivity index (χ1) is 14.3. The van der Waals surface area contributed by atoms with Gasteiger partial charge in [-0.05, 0) is 49.3 Å². The molecule has 1 amide bonds. The smallest absolute Gasteiger partial charge is 0.311 e. The van der Waals surface area contributed by atoms with Crippen LogP contribution in [-0.2, 0) is 20.7 Å². The normalized spacial score (nSPS) is 19.7. The van der Waals surface area contributed by atoms with E-state index in [2.05, 4.69) is 40.5 Å². The van der Waals surface area contributed by atoms with Gasteiger partial charge in [-0.15, -0.1) is 0 Å². The summed E-state index contributed by atoms with van der Waals surface area (Å²) in [6.45, 7) is 6.79. The highest BCUT2D eigenvalue weighted by molar-refractivity contribution is 6.42. The number of anilines is 1. The Balaban J connectivity index is 1.86. The lowest BCUT2D eigenvalue weighted by Gasteiger charge is -2.29. The number of pyridine rings is 1. The number of nitrogens with one attached hydrogen (secondary N) is 2. The van der Waals surface area contributed by atoms with Gasteiger partial charge in [0.25, 0.3) is 5.91 Å². The maximum atomic E-state index is 12.6. The number of allylic oxidation sites excluding steroid dienone is 2. The van der Waals surface area contributed by atoms with E-state index in [0.717, 1.165) is 24.8 Å². The van der Waals surface area contributed by atoms with Gasteiger partial charge in [0.15, 0.2) is 5.84 Å². The minimum atomic E-state index is -0.487. The molecule has 8 nitrogen and oxygen atoms in total. The van der Waals surface area contributed by atoms with Crippen molar-refractivity contribution in [1.29, 1.82) is 5.26 Å². The topological polar surface area (TPSA) is 116 Å². The molecule has 2 aliphatic rings. The Morgan fingerprint density at radius 2 is 2.20 bits per heavy atom. The molecule has 0 aromatic carbocycles. The van der Waals surface area contributed by atoms with Crippen LogP contribution in [-0.4, -0.2) is 41.9 Å². The zero-order valence-electron chi connectivity index (χ0n) is 17.6. The van der Waals surface area contributed by atoms with Crippen molar-refractivity contribution in [3.63, 3.8) is 0 Å². The van der Waals surface area contributed by atoms with Crippen LogP contribution in [0.25, 0.3) is 5.57 Å². The van der Waals surface area contributed by atoms with Crippen molar-refractivity contribution >= 4 is 29.0 Å². The van der Waals surface area contributed by atoms with Crippen molar-refractivity contribution in [2.24, 2.45) is 10.4 Å². The summed E-state index contributed by atoms with van der Waals surface area (Å²) in [7, 11) is 0. The predicted molar refractivity (Wildman–Crippen MR) is 114 cm³/mol. The number of amides is 1. The molecule has 30 heavy (non-hydrogen) atoms. The van der Waals surface area contributed by atoms with E-state index in [-0.39, 0.29) is 30.2 Å². The summed E-state index contributed by atoms with van der Waals surface area (Å²) < 4.78 is 5.03. The number of amidine groups is 1. The van der Waals surface area contributed by atoms with Crippen LogP contribution < -0.4 is 10.6 Å². The standard InChI is InChI=1S/C22H27N5O3/c1-4-30-18(28)11-15-5-6-17(27-21(29)20-24-13-16(12-23)26-20)19(25-15)14-7-9-22(2,3)10-8-14/h5-7,16H,4,8-11,13H2,1-3H3,(H,24,26)(H,27,29). The molecule has 158 valence electrons. The van der Waals surface area contributed by atoms with Crippen molar-refractivity contribution < 1.29 is 14.3 Å². The van der Waals surface area contributed by atoms with Crippen molar-refractivity contribution in [2.75, 3.05) is 18.5 Å². The van der Waals surface area contributed by atoms with E-state index in [1.165, 1.54) is 0 Å². The van der Waals surface area contributed by atoms with Crippen LogP contribution in [0.2, 0.25) is 0 Å². The fourth-order valence-electron chi connectivity index (χ4n) is 3.43. The van der Waals surface area contributed by atoms with Crippen molar-refractivity contribution in [3.8, 4) is 6.07 Å². The molecule has 1 aliphatic heterocycles. The fraction of sp³-hybridized carbons (Fsp3) is 0.500. The Bertz CT molecular complexity index is 943. The van der Waals surface area contributed by atoms with Gasteiger partial charge in [-0.1, -0.05) is 19.9 Å². The highest BCUT2D eigenvalue weighted by Crippen LogP contribution is 2.39. The lowest BCUT2D eigenvalue weighted by atomic mass is 9.77. The molecule has 2 N–H and O–H groups in total. The van der Waals surface area contributed by atoms with Gasteiger partial charge in [-0.3, -0.25) is 19.6 Å². The molecule has 0 bridgehead atoms. The highest BCUT2D eigenvalue weighted by Gasteiger charge is 2.26. The van der Waals surface area contributed by atoms with Crippen LogP contribution in [0.3, 0.4) is 0 Å². The van der Waals surface area contributed by atoms with E-state index in [0.29, 0.717) is 23.7 Å². The van der Waals surface area contributed by atoms with Gasteiger partial charge in [-0.2, -0.15) is 5.26 Å². The maximum Gasteiger partial charge on any atom is 0.311 e. The molecular weight excluding hydrogens is 382 g/mol. The van der Waals surface area contributed by atoms with Gasteiger partial charge < -0.3 is 15.4 Å². The van der Waals surface area contributed by atoms with Crippen molar-refractivity contribution in [2.45, 2.75) is 52.5 Å². The Kier molecular flexibility index (Phi) is 6.50. The van der Waals surface area contributed by atoms with E-state index >= 15 is 0 Å². The van der Waals surface area contributed by atoms with E-state index in [9.17, 15) is 9.59 Å². The Morgan fingerprint density at radius 3 is 2.83 bits per heavy atom. The van der Waals surface area contributed by atoms with Gasteiger partial charge in [0.1, 0.15) is 6.04 Å². The molecule has 0 fully saturated rings.